The van der Waals surface area contributed by atoms with Gasteiger partial charge in [0.15, 0.2) is 5.69 Å². The number of ether oxygens (including phenoxy) is 2. The van der Waals surface area contributed by atoms with E-state index in [0.717, 1.165) is 64.6 Å². The summed E-state index contributed by atoms with van der Waals surface area (Å²) in [7, 11) is 0. The molecule has 0 bridgehead atoms. The van der Waals surface area contributed by atoms with Gasteiger partial charge in [0.1, 0.15) is 6.26 Å². The Balaban J connectivity index is 1.36. The van der Waals surface area contributed by atoms with E-state index in [1.54, 1.807) is 0 Å². The van der Waals surface area contributed by atoms with E-state index < -0.39 is 0 Å². The second-order valence-electron chi connectivity index (χ2n) is 8.31. The van der Waals surface area contributed by atoms with Crippen molar-refractivity contribution in [3.8, 4) is 0 Å². The Labute approximate surface area is 171 Å². The van der Waals surface area contributed by atoms with Crippen LogP contribution in [0.25, 0.3) is 0 Å². The van der Waals surface area contributed by atoms with E-state index in [9.17, 15) is 9.59 Å². The van der Waals surface area contributed by atoms with Gasteiger partial charge in [-0.2, -0.15) is 0 Å². The summed E-state index contributed by atoms with van der Waals surface area (Å²) in [6, 6.07) is 0. The molecule has 8 nitrogen and oxygen atoms in total. The van der Waals surface area contributed by atoms with Gasteiger partial charge in [-0.25, -0.2) is 4.98 Å². The summed E-state index contributed by atoms with van der Waals surface area (Å²) in [5.74, 6) is 0.348. The number of carbonyl (C=O) groups is 2. The second kappa shape index (κ2) is 9.71. The molecule has 1 N–H and O–H groups in total. The Bertz CT molecular complexity index is 688. The average molecular weight is 405 g/mol. The highest BCUT2D eigenvalue weighted by atomic mass is 16.5. The number of nitrogens with one attached hydrogen (secondary N) is 1. The van der Waals surface area contributed by atoms with Crippen molar-refractivity contribution >= 4 is 11.8 Å². The smallest absolute Gasteiger partial charge is 0.273 e. The third-order valence-electron chi connectivity index (χ3n) is 6.09. The van der Waals surface area contributed by atoms with Crippen LogP contribution in [0.5, 0.6) is 0 Å². The quantitative estimate of drug-likeness (QED) is 0.713. The zero-order valence-electron chi connectivity index (χ0n) is 16.9. The Morgan fingerprint density at radius 2 is 1.76 bits per heavy atom. The molecule has 2 unspecified atom stereocenters. The summed E-state index contributed by atoms with van der Waals surface area (Å²) < 4.78 is 16.8. The fourth-order valence-corrected chi connectivity index (χ4v) is 4.45. The highest BCUT2D eigenvalue weighted by Gasteiger charge is 2.31. The van der Waals surface area contributed by atoms with Crippen LogP contribution in [0.15, 0.2) is 10.7 Å². The molecule has 2 atom stereocenters. The molecule has 0 spiro atoms. The highest BCUT2D eigenvalue weighted by molar-refractivity contribution is 5.91. The summed E-state index contributed by atoms with van der Waals surface area (Å²) in [5.41, 5.74) is 0.239. The largest absolute Gasteiger partial charge is 0.446 e. The predicted octanol–water partition coefficient (Wildman–Crippen LogP) is 2.28. The molecule has 2 amide bonds. The van der Waals surface area contributed by atoms with E-state index in [0.29, 0.717) is 19.0 Å². The van der Waals surface area contributed by atoms with Gasteiger partial charge in [-0.15, -0.1) is 0 Å². The normalized spacial score (nSPS) is 24.8. The van der Waals surface area contributed by atoms with Crippen LogP contribution in [-0.4, -0.2) is 60.2 Å². The monoisotopic (exact) mass is 405 g/mol. The molecule has 3 heterocycles. The van der Waals surface area contributed by atoms with Gasteiger partial charge in [0, 0.05) is 32.2 Å². The van der Waals surface area contributed by atoms with Crippen LogP contribution < -0.4 is 5.32 Å². The lowest BCUT2D eigenvalue weighted by molar-refractivity contribution is -0.138. The number of rotatable bonds is 8. The number of amides is 2. The van der Waals surface area contributed by atoms with E-state index >= 15 is 0 Å². The lowest BCUT2D eigenvalue weighted by atomic mass is 10.1. The van der Waals surface area contributed by atoms with E-state index in [1.165, 1.54) is 6.26 Å². The highest BCUT2D eigenvalue weighted by Crippen LogP contribution is 2.28. The van der Waals surface area contributed by atoms with Gasteiger partial charge in [-0.3, -0.25) is 9.59 Å². The summed E-state index contributed by atoms with van der Waals surface area (Å²) in [6.45, 7) is 2.81. The molecule has 2 saturated heterocycles. The van der Waals surface area contributed by atoms with Crippen molar-refractivity contribution in [1.29, 1.82) is 0 Å². The van der Waals surface area contributed by atoms with Gasteiger partial charge in [-0.05, 0) is 38.5 Å². The van der Waals surface area contributed by atoms with Crippen molar-refractivity contribution < 1.29 is 23.5 Å². The number of hydrogen-bond acceptors (Lipinski definition) is 6. The zero-order chi connectivity index (χ0) is 20.1. The third kappa shape index (κ3) is 5.36. The number of oxazole rings is 1. The molecule has 1 saturated carbocycles. The maximum absolute atomic E-state index is 13.0. The molecule has 8 heteroatoms. The van der Waals surface area contributed by atoms with Gasteiger partial charge in [0.05, 0.1) is 18.8 Å². The van der Waals surface area contributed by atoms with E-state index in [2.05, 4.69) is 10.3 Å². The molecular formula is C21H31N3O5. The maximum atomic E-state index is 13.0. The maximum Gasteiger partial charge on any atom is 0.273 e. The fraction of sp³-hybridized carbons (Fsp3) is 0.762. The van der Waals surface area contributed by atoms with Crippen molar-refractivity contribution in [3.63, 3.8) is 0 Å². The molecule has 4 rings (SSSR count). The van der Waals surface area contributed by atoms with Crippen LogP contribution in [-0.2, 0) is 20.8 Å². The topological polar surface area (TPSA) is 93.9 Å². The van der Waals surface area contributed by atoms with Crippen LogP contribution in [0.1, 0.15) is 67.7 Å². The molecule has 0 aromatic carbocycles. The van der Waals surface area contributed by atoms with Gasteiger partial charge in [0.25, 0.3) is 5.91 Å². The van der Waals surface area contributed by atoms with E-state index in [4.69, 9.17) is 13.9 Å². The van der Waals surface area contributed by atoms with Gasteiger partial charge < -0.3 is 24.1 Å². The number of hydrogen-bond donors (Lipinski definition) is 1. The van der Waals surface area contributed by atoms with Gasteiger partial charge >= 0.3 is 0 Å². The molecule has 1 aliphatic carbocycles. The van der Waals surface area contributed by atoms with E-state index in [1.807, 2.05) is 4.90 Å². The molecular weight excluding hydrogens is 374 g/mol. The standard InChI is InChI=1S/C21H31N3O5/c25-20(22-11-16-7-3-9-27-16)18-14-29-19(23-18)13-24(12-17-8-4-10-28-17)21(26)15-5-1-2-6-15/h14-17H,1-13H2,(H,22,25). The molecule has 160 valence electrons. The summed E-state index contributed by atoms with van der Waals surface area (Å²) >= 11 is 0. The minimum absolute atomic E-state index is 0.0736. The minimum Gasteiger partial charge on any atom is -0.446 e. The molecule has 2 aliphatic heterocycles. The Morgan fingerprint density at radius 1 is 1.03 bits per heavy atom. The number of aromatic nitrogens is 1. The zero-order valence-corrected chi connectivity index (χ0v) is 16.9. The summed E-state index contributed by atoms with van der Waals surface area (Å²) in [5, 5.41) is 2.85. The summed E-state index contributed by atoms with van der Waals surface area (Å²) in [4.78, 5) is 31.5. The Hall–Kier alpha value is -1.93. The van der Waals surface area contributed by atoms with Crippen LogP contribution in [0.3, 0.4) is 0 Å². The van der Waals surface area contributed by atoms with Crippen LogP contribution in [0.2, 0.25) is 0 Å². The van der Waals surface area contributed by atoms with Gasteiger partial charge in [0.2, 0.25) is 11.8 Å². The first-order valence-corrected chi connectivity index (χ1v) is 10.9. The first-order chi connectivity index (χ1) is 14.2. The molecule has 0 radical (unpaired) electrons. The van der Waals surface area contributed by atoms with Gasteiger partial charge in [-0.1, -0.05) is 12.8 Å². The minimum atomic E-state index is -0.275. The number of nitrogens with zero attached hydrogens (tertiary/aromatic N) is 2. The van der Waals surface area contributed by atoms with E-state index in [-0.39, 0.29) is 42.2 Å². The molecule has 29 heavy (non-hydrogen) atoms. The Kier molecular flexibility index (Phi) is 6.82. The molecule has 3 fully saturated rings. The Morgan fingerprint density at radius 3 is 2.45 bits per heavy atom. The second-order valence-corrected chi connectivity index (χ2v) is 8.31. The lowest BCUT2D eigenvalue weighted by Crippen LogP contribution is -2.40. The molecule has 1 aromatic rings. The van der Waals surface area contributed by atoms with Crippen molar-refractivity contribution in [2.24, 2.45) is 5.92 Å². The first-order valence-electron chi connectivity index (χ1n) is 10.9. The van der Waals surface area contributed by atoms with Crippen molar-refractivity contribution in [3.05, 3.63) is 17.8 Å². The average Bonchev–Trinajstić information content (AvgIpc) is 3.53. The third-order valence-corrected chi connectivity index (χ3v) is 6.09. The van der Waals surface area contributed by atoms with Crippen molar-refractivity contribution in [2.75, 3.05) is 26.3 Å². The van der Waals surface area contributed by atoms with Crippen LogP contribution in [0.4, 0.5) is 0 Å². The predicted molar refractivity (Wildman–Crippen MR) is 104 cm³/mol. The molecule has 1 aromatic heterocycles. The number of carbonyl (C=O) groups excluding carboxylic acids is 2. The van der Waals surface area contributed by atoms with Crippen molar-refractivity contribution in [2.45, 2.75) is 70.1 Å². The fourth-order valence-electron chi connectivity index (χ4n) is 4.45. The summed E-state index contributed by atoms with van der Waals surface area (Å²) in [6.07, 6.45) is 9.63. The van der Waals surface area contributed by atoms with Crippen LogP contribution >= 0.6 is 0 Å². The SMILES string of the molecule is O=C(NCC1CCCO1)c1coc(CN(CC2CCCO2)C(=O)C2CCCC2)n1. The lowest BCUT2D eigenvalue weighted by Gasteiger charge is -2.26. The van der Waals surface area contributed by atoms with Crippen LogP contribution in [0, 0.1) is 5.92 Å². The molecule has 3 aliphatic rings. The van der Waals surface area contributed by atoms with Crippen molar-refractivity contribution in [1.82, 2.24) is 15.2 Å². The first kappa shape index (κ1) is 20.3.